The van der Waals surface area contributed by atoms with Crippen LogP contribution in [0.25, 0.3) is 0 Å². The van der Waals surface area contributed by atoms with Crippen LogP contribution < -0.4 is 5.32 Å². The molecule has 1 heterocycles. The Balaban J connectivity index is 1.58. The van der Waals surface area contributed by atoms with Gasteiger partial charge in [0, 0.05) is 25.2 Å². The molecule has 2 rings (SSSR count). The fourth-order valence-corrected chi connectivity index (χ4v) is 2.25. The number of rotatable bonds is 6. The maximum atomic E-state index is 11.6. The van der Waals surface area contributed by atoms with Crippen LogP contribution in [0.2, 0.25) is 0 Å². The molecule has 0 bridgehead atoms. The number of amides is 1. The molecule has 1 unspecified atom stereocenters. The van der Waals surface area contributed by atoms with Gasteiger partial charge in [0.05, 0.1) is 6.61 Å². The predicted octanol–water partition coefficient (Wildman–Crippen LogP) is 1.01. The first-order chi connectivity index (χ1) is 8.15. The standard InChI is InChI=1S/C13H24N2O2/c1-10(2)15-6-5-12(7-15)14-13(16)9-17-8-11-3-4-11/h10-12H,3-9H2,1-2H3,(H,14,16). The minimum Gasteiger partial charge on any atom is -0.371 e. The average molecular weight is 240 g/mol. The van der Waals surface area contributed by atoms with Crippen LogP contribution in [-0.2, 0) is 9.53 Å². The largest absolute Gasteiger partial charge is 0.371 e. The molecule has 1 aliphatic heterocycles. The number of carbonyl (C=O) groups excluding carboxylic acids is 1. The van der Waals surface area contributed by atoms with Gasteiger partial charge in [-0.3, -0.25) is 9.69 Å². The lowest BCUT2D eigenvalue weighted by Crippen LogP contribution is -2.40. The molecule has 0 aromatic heterocycles. The van der Waals surface area contributed by atoms with E-state index in [1.54, 1.807) is 0 Å². The van der Waals surface area contributed by atoms with Gasteiger partial charge in [0.1, 0.15) is 6.61 Å². The molecule has 4 nitrogen and oxygen atoms in total. The van der Waals surface area contributed by atoms with Gasteiger partial charge in [-0.1, -0.05) is 0 Å². The molecule has 1 saturated heterocycles. The van der Waals surface area contributed by atoms with Crippen molar-refractivity contribution in [3.05, 3.63) is 0 Å². The summed E-state index contributed by atoms with van der Waals surface area (Å²) in [7, 11) is 0. The molecular weight excluding hydrogens is 216 g/mol. The van der Waals surface area contributed by atoms with Crippen LogP contribution in [0.4, 0.5) is 0 Å². The third kappa shape index (κ3) is 4.28. The van der Waals surface area contributed by atoms with Crippen molar-refractivity contribution in [2.75, 3.05) is 26.3 Å². The summed E-state index contributed by atoms with van der Waals surface area (Å²) >= 11 is 0. The molecule has 1 saturated carbocycles. The highest BCUT2D eigenvalue weighted by molar-refractivity contribution is 5.77. The van der Waals surface area contributed by atoms with Crippen LogP contribution in [0.5, 0.6) is 0 Å². The van der Waals surface area contributed by atoms with Crippen molar-refractivity contribution in [3.8, 4) is 0 Å². The second-order valence-corrected chi connectivity index (χ2v) is 5.60. The van der Waals surface area contributed by atoms with E-state index >= 15 is 0 Å². The summed E-state index contributed by atoms with van der Waals surface area (Å²) in [5.41, 5.74) is 0. The Kier molecular flexibility index (Phi) is 4.40. The van der Waals surface area contributed by atoms with E-state index in [1.165, 1.54) is 12.8 Å². The van der Waals surface area contributed by atoms with Crippen molar-refractivity contribution in [1.82, 2.24) is 10.2 Å². The summed E-state index contributed by atoms with van der Waals surface area (Å²) in [5.74, 6) is 0.770. The Labute approximate surface area is 104 Å². The van der Waals surface area contributed by atoms with E-state index in [0.717, 1.165) is 32.0 Å². The molecule has 1 N–H and O–H groups in total. The third-order valence-electron chi connectivity index (χ3n) is 3.60. The van der Waals surface area contributed by atoms with E-state index < -0.39 is 0 Å². The topological polar surface area (TPSA) is 41.6 Å². The molecule has 17 heavy (non-hydrogen) atoms. The van der Waals surface area contributed by atoms with Crippen LogP contribution in [0.3, 0.4) is 0 Å². The highest BCUT2D eigenvalue weighted by Gasteiger charge is 2.25. The molecule has 1 aliphatic carbocycles. The van der Waals surface area contributed by atoms with Gasteiger partial charge in [0.25, 0.3) is 0 Å². The lowest BCUT2D eigenvalue weighted by Gasteiger charge is -2.20. The normalized spacial score (nSPS) is 25.5. The molecule has 0 aromatic rings. The summed E-state index contributed by atoms with van der Waals surface area (Å²) in [4.78, 5) is 14.0. The number of nitrogens with zero attached hydrogens (tertiary/aromatic N) is 1. The number of nitrogens with one attached hydrogen (secondary N) is 1. The molecule has 2 fully saturated rings. The predicted molar refractivity (Wildman–Crippen MR) is 66.8 cm³/mol. The van der Waals surface area contributed by atoms with Crippen molar-refractivity contribution < 1.29 is 9.53 Å². The molecule has 98 valence electrons. The second kappa shape index (κ2) is 5.83. The third-order valence-corrected chi connectivity index (χ3v) is 3.60. The van der Waals surface area contributed by atoms with Gasteiger partial charge in [0.15, 0.2) is 0 Å². The van der Waals surface area contributed by atoms with Crippen LogP contribution >= 0.6 is 0 Å². The maximum Gasteiger partial charge on any atom is 0.246 e. The number of ether oxygens (including phenoxy) is 1. The first kappa shape index (κ1) is 12.8. The lowest BCUT2D eigenvalue weighted by molar-refractivity contribution is -0.126. The SMILES string of the molecule is CC(C)N1CCC(NC(=O)COCC2CC2)C1. The Morgan fingerprint density at radius 2 is 2.18 bits per heavy atom. The van der Waals surface area contributed by atoms with E-state index in [1.807, 2.05) is 0 Å². The fraction of sp³-hybridized carbons (Fsp3) is 0.923. The Bertz CT molecular complexity index is 264. The minimum absolute atomic E-state index is 0.0428. The number of hydrogen-bond acceptors (Lipinski definition) is 3. The fourth-order valence-electron chi connectivity index (χ4n) is 2.25. The number of likely N-dealkylation sites (tertiary alicyclic amines) is 1. The van der Waals surface area contributed by atoms with Crippen molar-refractivity contribution in [3.63, 3.8) is 0 Å². The van der Waals surface area contributed by atoms with Crippen LogP contribution in [0, 0.1) is 5.92 Å². The van der Waals surface area contributed by atoms with E-state index in [2.05, 4.69) is 24.1 Å². The maximum absolute atomic E-state index is 11.6. The van der Waals surface area contributed by atoms with Gasteiger partial charge >= 0.3 is 0 Å². The zero-order valence-corrected chi connectivity index (χ0v) is 10.9. The highest BCUT2D eigenvalue weighted by atomic mass is 16.5. The van der Waals surface area contributed by atoms with Gasteiger partial charge in [-0.05, 0) is 39.0 Å². The number of carbonyl (C=O) groups is 1. The second-order valence-electron chi connectivity index (χ2n) is 5.60. The molecule has 1 amide bonds. The molecular formula is C13H24N2O2. The smallest absolute Gasteiger partial charge is 0.246 e. The van der Waals surface area contributed by atoms with Crippen molar-refractivity contribution in [1.29, 1.82) is 0 Å². The van der Waals surface area contributed by atoms with Crippen LogP contribution in [-0.4, -0.2) is 49.2 Å². The Morgan fingerprint density at radius 3 is 2.76 bits per heavy atom. The average Bonchev–Trinajstić information content (AvgIpc) is 2.96. The van der Waals surface area contributed by atoms with Gasteiger partial charge in [-0.25, -0.2) is 0 Å². The van der Waals surface area contributed by atoms with Gasteiger partial charge in [-0.15, -0.1) is 0 Å². The monoisotopic (exact) mass is 240 g/mol. The lowest BCUT2D eigenvalue weighted by atomic mass is 10.2. The molecule has 0 radical (unpaired) electrons. The molecule has 4 heteroatoms. The summed E-state index contributed by atoms with van der Waals surface area (Å²) < 4.78 is 5.38. The summed E-state index contributed by atoms with van der Waals surface area (Å²) in [6.07, 6.45) is 3.60. The first-order valence-electron chi connectivity index (χ1n) is 6.76. The van der Waals surface area contributed by atoms with Crippen molar-refractivity contribution in [2.24, 2.45) is 5.92 Å². The molecule has 2 aliphatic rings. The minimum atomic E-state index is 0.0428. The summed E-state index contributed by atoms with van der Waals surface area (Å²) in [6, 6.07) is 0.887. The molecule has 0 spiro atoms. The first-order valence-corrected chi connectivity index (χ1v) is 6.76. The highest BCUT2D eigenvalue weighted by Crippen LogP contribution is 2.28. The molecule has 1 atom stereocenters. The molecule has 0 aromatic carbocycles. The van der Waals surface area contributed by atoms with Crippen LogP contribution in [0.15, 0.2) is 0 Å². The van der Waals surface area contributed by atoms with Crippen molar-refractivity contribution >= 4 is 5.91 Å². The number of hydrogen-bond donors (Lipinski definition) is 1. The van der Waals surface area contributed by atoms with Gasteiger partial charge < -0.3 is 10.1 Å². The summed E-state index contributed by atoms with van der Waals surface area (Å²) in [5, 5.41) is 3.05. The van der Waals surface area contributed by atoms with E-state index in [0.29, 0.717) is 12.1 Å². The Morgan fingerprint density at radius 1 is 1.41 bits per heavy atom. The quantitative estimate of drug-likeness (QED) is 0.753. The summed E-state index contributed by atoms with van der Waals surface area (Å²) in [6.45, 7) is 7.45. The zero-order chi connectivity index (χ0) is 12.3. The van der Waals surface area contributed by atoms with E-state index in [-0.39, 0.29) is 12.5 Å². The van der Waals surface area contributed by atoms with Gasteiger partial charge in [-0.2, -0.15) is 0 Å². The van der Waals surface area contributed by atoms with Crippen LogP contribution in [0.1, 0.15) is 33.1 Å². The Hall–Kier alpha value is -0.610. The van der Waals surface area contributed by atoms with E-state index in [4.69, 9.17) is 4.74 Å². The van der Waals surface area contributed by atoms with Gasteiger partial charge in [0.2, 0.25) is 5.91 Å². The van der Waals surface area contributed by atoms with Crippen molar-refractivity contribution in [2.45, 2.75) is 45.2 Å². The van der Waals surface area contributed by atoms with E-state index in [9.17, 15) is 4.79 Å². The zero-order valence-electron chi connectivity index (χ0n) is 10.9.